The average molecular weight is 901 g/mol. The zero-order chi connectivity index (χ0) is 46.7. The number of rotatable bonds is 17. The summed E-state index contributed by atoms with van der Waals surface area (Å²) in [6.45, 7) is -1.58. The first-order chi connectivity index (χ1) is 30.6. The molecule has 10 atom stereocenters. The second kappa shape index (κ2) is 22.3. The van der Waals surface area contributed by atoms with Crippen molar-refractivity contribution in [2.75, 3.05) is 41.7 Å². The molecule has 0 saturated carbocycles. The largest absolute Gasteiger partial charge is 0.504 e. The van der Waals surface area contributed by atoms with Gasteiger partial charge in [-0.05, 0) is 71.3 Å². The summed E-state index contributed by atoms with van der Waals surface area (Å²) in [7, 11) is 5.27. The summed E-state index contributed by atoms with van der Waals surface area (Å²) in [5, 5.41) is 84.3. The molecule has 0 aliphatic carbocycles. The van der Waals surface area contributed by atoms with Crippen molar-refractivity contribution in [1.29, 1.82) is 0 Å². The van der Waals surface area contributed by atoms with E-state index in [-0.39, 0.29) is 40.2 Å². The molecule has 0 aromatic heterocycles. The Morgan fingerprint density at radius 3 is 1.50 bits per heavy atom. The number of hydrogen-bond donors (Lipinski definition) is 8. The number of phenolic OH excluding ortho intramolecular Hbond substituents is 3. The molecular weight excluding hydrogens is 852 g/mol. The zero-order valence-corrected chi connectivity index (χ0v) is 34.7. The predicted octanol–water partition coefficient (Wildman–Crippen LogP) is 0.547. The van der Waals surface area contributed by atoms with Gasteiger partial charge >= 0.3 is 17.9 Å². The van der Waals surface area contributed by atoms with Gasteiger partial charge in [0.15, 0.2) is 53.0 Å². The van der Waals surface area contributed by atoms with Crippen LogP contribution in [0.15, 0.2) is 66.8 Å². The number of carbonyl (C=O) groups is 3. The Kier molecular flexibility index (Phi) is 16.9. The maximum atomic E-state index is 13.2. The fourth-order valence-corrected chi connectivity index (χ4v) is 6.38. The van der Waals surface area contributed by atoms with Gasteiger partial charge in [-0.1, -0.05) is 12.1 Å². The van der Waals surface area contributed by atoms with Gasteiger partial charge in [-0.3, -0.25) is 0 Å². The van der Waals surface area contributed by atoms with Gasteiger partial charge in [-0.2, -0.15) is 0 Å². The highest BCUT2D eigenvalue weighted by Crippen LogP contribution is 2.38. The van der Waals surface area contributed by atoms with Crippen LogP contribution in [0.4, 0.5) is 0 Å². The van der Waals surface area contributed by atoms with E-state index in [2.05, 4.69) is 0 Å². The molecule has 2 fully saturated rings. The summed E-state index contributed by atoms with van der Waals surface area (Å²) < 4.78 is 53.5. The van der Waals surface area contributed by atoms with E-state index in [0.717, 1.165) is 18.2 Å². The number of aliphatic hydroxyl groups excluding tert-OH is 5. The lowest BCUT2D eigenvalue weighted by atomic mass is 9.98. The minimum absolute atomic E-state index is 0.0221. The first-order valence-corrected chi connectivity index (χ1v) is 19.2. The summed E-state index contributed by atoms with van der Waals surface area (Å²) in [5.41, 5.74) is 1.13. The topological polar surface area (TPSA) is 305 Å². The van der Waals surface area contributed by atoms with Crippen LogP contribution in [0.3, 0.4) is 0 Å². The lowest BCUT2D eigenvalue weighted by molar-refractivity contribution is -0.327. The quantitative estimate of drug-likeness (QED) is 0.0521. The van der Waals surface area contributed by atoms with E-state index in [1.54, 1.807) is 0 Å². The van der Waals surface area contributed by atoms with Crippen LogP contribution in [-0.2, 0) is 42.8 Å². The van der Waals surface area contributed by atoms with Crippen molar-refractivity contribution in [3.8, 4) is 40.2 Å². The summed E-state index contributed by atoms with van der Waals surface area (Å²) in [6, 6.07) is 11.2. The molecular formula is C43H48O21. The molecule has 5 rings (SSSR count). The molecule has 2 aliphatic rings. The van der Waals surface area contributed by atoms with Crippen molar-refractivity contribution in [2.24, 2.45) is 0 Å². The molecule has 0 spiro atoms. The lowest BCUT2D eigenvalue weighted by Gasteiger charge is -2.43. The minimum Gasteiger partial charge on any atom is -0.504 e. The monoisotopic (exact) mass is 900 g/mol. The Morgan fingerprint density at radius 2 is 1.00 bits per heavy atom. The number of phenols is 3. The molecule has 3 aromatic carbocycles. The third kappa shape index (κ3) is 12.0. The predicted molar refractivity (Wildman–Crippen MR) is 218 cm³/mol. The molecule has 346 valence electrons. The second-order valence-electron chi connectivity index (χ2n) is 13.9. The van der Waals surface area contributed by atoms with Crippen LogP contribution in [0, 0.1) is 0 Å². The number of hydrogen-bond acceptors (Lipinski definition) is 21. The molecule has 3 aromatic rings. The Labute approximate surface area is 365 Å². The summed E-state index contributed by atoms with van der Waals surface area (Å²) >= 11 is 0. The van der Waals surface area contributed by atoms with Crippen LogP contribution in [0.25, 0.3) is 18.2 Å². The summed E-state index contributed by atoms with van der Waals surface area (Å²) in [4.78, 5) is 39.0. The maximum Gasteiger partial charge on any atom is 0.333 e. The SMILES string of the molecule is COc1cc(/C=C/C(=O)O[C@@H]2[C@@H](O)[C@H](OC[C@H]3OC(OC(=O)/C=C/c4cc(OC)c(O)c(OC)c4)[C@H](OC(=O)/C=C/c4ccc(O)c(OC)c4)[C@@H](O)[C@@H]3O)O[C@H](CO)[C@H]2O)ccc1O. The molecule has 0 bridgehead atoms. The third-order valence-corrected chi connectivity index (χ3v) is 9.77. The van der Waals surface area contributed by atoms with Crippen LogP contribution in [0.2, 0.25) is 0 Å². The first kappa shape index (κ1) is 48.6. The van der Waals surface area contributed by atoms with Crippen LogP contribution in [0.5, 0.6) is 40.2 Å². The van der Waals surface area contributed by atoms with E-state index < -0.39 is 92.5 Å². The van der Waals surface area contributed by atoms with Gasteiger partial charge < -0.3 is 88.2 Å². The van der Waals surface area contributed by atoms with Crippen molar-refractivity contribution in [3.05, 3.63) is 83.4 Å². The molecule has 0 amide bonds. The van der Waals surface area contributed by atoms with Crippen LogP contribution in [-0.4, -0.2) is 162 Å². The standard InChI is InChI=1S/C43H48O21/c1-55-26-15-21(5-10-24(26)45)7-12-32(47)62-40-37(52)30(19-44)60-42(39(40)54)59-20-31-36(51)38(53)41(63-33(48)13-8-22-6-11-25(46)27(16-22)56-2)43(61-31)64-34(49)14-9-23-17-28(57-3)35(50)29(18-23)58-4/h5-18,30-31,36-46,50-54H,19-20H2,1-4H3/b12-7+,13-8+,14-9+/t30-,31-,36-,37-,38+,39-,40+,41-,42-,43?/m1/s1. The highest BCUT2D eigenvalue weighted by molar-refractivity contribution is 5.89. The van der Waals surface area contributed by atoms with E-state index >= 15 is 0 Å². The molecule has 1 unspecified atom stereocenters. The van der Waals surface area contributed by atoms with Crippen molar-refractivity contribution >= 4 is 36.1 Å². The lowest BCUT2D eigenvalue weighted by Crippen LogP contribution is -2.63. The number of carbonyl (C=O) groups excluding carboxylic acids is 3. The third-order valence-electron chi connectivity index (χ3n) is 9.77. The highest BCUT2D eigenvalue weighted by atomic mass is 16.7. The molecule has 21 nitrogen and oxygen atoms in total. The summed E-state index contributed by atoms with van der Waals surface area (Å²) in [6.07, 6.45) is -11.3. The van der Waals surface area contributed by atoms with E-state index in [9.17, 15) is 55.2 Å². The Bertz CT molecular complexity index is 2160. The minimum atomic E-state index is -2.01. The molecule has 0 radical (unpaired) electrons. The van der Waals surface area contributed by atoms with Crippen LogP contribution >= 0.6 is 0 Å². The molecule has 2 heterocycles. The normalized spacial score (nSPS) is 25.8. The number of aromatic hydroxyl groups is 3. The fraction of sp³-hybridized carbons (Fsp3) is 0.372. The fourth-order valence-electron chi connectivity index (χ4n) is 6.38. The second-order valence-corrected chi connectivity index (χ2v) is 13.9. The van der Waals surface area contributed by atoms with Crippen LogP contribution < -0.4 is 18.9 Å². The number of esters is 3. The summed E-state index contributed by atoms with van der Waals surface area (Å²) in [5.74, 6) is -3.55. The number of methoxy groups -OCH3 is 4. The van der Waals surface area contributed by atoms with Gasteiger partial charge in [0, 0.05) is 18.2 Å². The van der Waals surface area contributed by atoms with E-state index in [4.69, 9.17) is 47.4 Å². The maximum absolute atomic E-state index is 13.2. The van der Waals surface area contributed by atoms with Gasteiger partial charge in [0.25, 0.3) is 0 Å². The van der Waals surface area contributed by atoms with Gasteiger partial charge in [-0.15, -0.1) is 0 Å². The van der Waals surface area contributed by atoms with Crippen LogP contribution in [0.1, 0.15) is 16.7 Å². The Balaban J connectivity index is 1.32. The zero-order valence-electron chi connectivity index (χ0n) is 34.7. The number of aliphatic hydroxyl groups is 5. The Hall–Kier alpha value is -6.43. The van der Waals surface area contributed by atoms with Gasteiger partial charge in [0.05, 0.1) is 41.7 Å². The molecule has 2 saturated heterocycles. The Morgan fingerprint density at radius 1 is 0.547 bits per heavy atom. The first-order valence-electron chi connectivity index (χ1n) is 19.2. The molecule has 64 heavy (non-hydrogen) atoms. The van der Waals surface area contributed by atoms with Crippen molar-refractivity contribution in [3.63, 3.8) is 0 Å². The smallest absolute Gasteiger partial charge is 0.333 e. The number of benzene rings is 3. The van der Waals surface area contributed by atoms with E-state index in [1.807, 2.05) is 0 Å². The van der Waals surface area contributed by atoms with Gasteiger partial charge in [0.2, 0.25) is 12.0 Å². The van der Waals surface area contributed by atoms with Crippen molar-refractivity contribution in [2.45, 2.75) is 61.4 Å². The molecule has 8 N–H and O–H groups in total. The van der Waals surface area contributed by atoms with E-state index in [1.165, 1.54) is 95.2 Å². The van der Waals surface area contributed by atoms with E-state index in [0.29, 0.717) is 16.7 Å². The van der Waals surface area contributed by atoms with Crippen molar-refractivity contribution < 1.29 is 103 Å². The number of ether oxygens (including phenoxy) is 10. The molecule has 21 heteroatoms. The molecule has 2 aliphatic heterocycles. The average Bonchev–Trinajstić information content (AvgIpc) is 3.29. The van der Waals surface area contributed by atoms with Crippen molar-refractivity contribution in [1.82, 2.24) is 0 Å². The van der Waals surface area contributed by atoms with Gasteiger partial charge in [0.1, 0.15) is 36.6 Å². The highest BCUT2D eigenvalue weighted by Gasteiger charge is 2.51. The van der Waals surface area contributed by atoms with Gasteiger partial charge in [-0.25, -0.2) is 14.4 Å².